The number of piperidine rings is 1. The van der Waals surface area contributed by atoms with Crippen LogP contribution in [-0.2, 0) is 9.59 Å². The fraction of sp³-hybridized carbons (Fsp3) is 0.324. The Bertz CT molecular complexity index is 1560. The predicted octanol–water partition coefficient (Wildman–Crippen LogP) is 5.64. The molecule has 9 nitrogen and oxygen atoms in total. The van der Waals surface area contributed by atoms with Gasteiger partial charge in [0.15, 0.2) is 0 Å². The summed E-state index contributed by atoms with van der Waals surface area (Å²) in [5, 5.41) is 30.9. The number of amides is 2. The summed E-state index contributed by atoms with van der Waals surface area (Å²) in [7, 11) is 0. The first-order valence-electron chi connectivity index (χ1n) is 14.7. The van der Waals surface area contributed by atoms with Crippen LogP contribution in [0.1, 0.15) is 56.1 Å². The number of carbonyl (C=O) groups excluding carboxylic acids is 1. The molecule has 0 aliphatic carbocycles. The molecule has 1 saturated heterocycles. The van der Waals surface area contributed by atoms with E-state index in [4.69, 9.17) is 0 Å². The Morgan fingerprint density at radius 2 is 1.53 bits per heavy atom. The van der Waals surface area contributed by atoms with Crippen molar-refractivity contribution in [3.8, 4) is 0 Å². The number of carbonyl (C=O) groups is 3. The van der Waals surface area contributed by atoms with Crippen LogP contribution in [0.15, 0.2) is 89.3 Å². The summed E-state index contributed by atoms with van der Waals surface area (Å²) < 4.78 is 0. The molecule has 2 amide bonds. The maximum absolute atomic E-state index is 12.7. The normalized spacial score (nSPS) is 16.7. The molecule has 1 fully saturated rings. The molecule has 224 valence electrons. The van der Waals surface area contributed by atoms with Crippen molar-refractivity contribution in [3.63, 3.8) is 0 Å². The number of rotatable bonds is 9. The van der Waals surface area contributed by atoms with Crippen LogP contribution in [0.4, 0.5) is 10.5 Å². The van der Waals surface area contributed by atoms with Gasteiger partial charge in [-0.25, -0.2) is 14.4 Å². The minimum atomic E-state index is -1.20. The van der Waals surface area contributed by atoms with Crippen LogP contribution >= 0.6 is 0 Å². The summed E-state index contributed by atoms with van der Waals surface area (Å²) in [6.45, 7) is 6.70. The second kappa shape index (κ2) is 13.1. The third-order valence-corrected chi connectivity index (χ3v) is 8.49. The number of dihydropyridines is 1. The van der Waals surface area contributed by atoms with Gasteiger partial charge in [0.25, 0.3) is 0 Å². The number of nitrogens with zero attached hydrogens (tertiary/aromatic N) is 1. The maximum Gasteiger partial charge on any atom is 0.334 e. The monoisotopic (exact) mass is 582 g/mol. The van der Waals surface area contributed by atoms with Crippen molar-refractivity contribution in [2.75, 3.05) is 31.5 Å². The zero-order valence-electron chi connectivity index (χ0n) is 24.5. The highest BCUT2D eigenvalue weighted by atomic mass is 16.4. The molecule has 5 rings (SSSR count). The van der Waals surface area contributed by atoms with Crippen molar-refractivity contribution in [3.05, 3.63) is 100 Å². The van der Waals surface area contributed by atoms with E-state index in [9.17, 15) is 24.6 Å². The largest absolute Gasteiger partial charge is 0.478 e. The number of nitrogens with one attached hydrogen (secondary N) is 3. The van der Waals surface area contributed by atoms with Crippen LogP contribution in [0.3, 0.4) is 0 Å². The molecule has 43 heavy (non-hydrogen) atoms. The highest BCUT2D eigenvalue weighted by Crippen LogP contribution is 2.39. The van der Waals surface area contributed by atoms with E-state index in [0.29, 0.717) is 35.1 Å². The van der Waals surface area contributed by atoms with E-state index in [-0.39, 0.29) is 17.2 Å². The van der Waals surface area contributed by atoms with Crippen molar-refractivity contribution >= 4 is 34.4 Å². The number of fused-ring (bicyclic) bond motifs is 1. The second-order valence-electron chi connectivity index (χ2n) is 11.3. The molecule has 5 N–H and O–H groups in total. The Morgan fingerprint density at radius 1 is 0.884 bits per heavy atom. The SMILES string of the molecule is CC1=C(C(=O)O)C(c2cccc(NC(=O)NCCCN3CCC(c4cccc5ccccc45)CC3)c2)C(C(=O)O)=C(C)N1. The zero-order chi connectivity index (χ0) is 30.5. The van der Waals surface area contributed by atoms with Crippen LogP contribution in [0.25, 0.3) is 10.8 Å². The van der Waals surface area contributed by atoms with Crippen LogP contribution in [0.5, 0.6) is 0 Å². The van der Waals surface area contributed by atoms with E-state index in [1.807, 2.05) is 0 Å². The van der Waals surface area contributed by atoms with Crippen molar-refractivity contribution in [2.45, 2.75) is 44.9 Å². The lowest BCUT2D eigenvalue weighted by molar-refractivity contribution is -0.133. The molecule has 0 spiro atoms. The molecule has 2 aliphatic heterocycles. The highest BCUT2D eigenvalue weighted by Gasteiger charge is 2.36. The fourth-order valence-corrected chi connectivity index (χ4v) is 6.44. The minimum Gasteiger partial charge on any atom is -0.478 e. The van der Waals surface area contributed by atoms with Crippen LogP contribution < -0.4 is 16.0 Å². The van der Waals surface area contributed by atoms with Crippen molar-refractivity contribution in [1.29, 1.82) is 0 Å². The molecule has 0 saturated carbocycles. The van der Waals surface area contributed by atoms with Crippen LogP contribution in [-0.4, -0.2) is 59.3 Å². The molecule has 0 atom stereocenters. The second-order valence-corrected chi connectivity index (χ2v) is 11.3. The number of aliphatic carboxylic acids is 2. The first-order chi connectivity index (χ1) is 20.7. The van der Waals surface area contributed by atoms with Crippen molar-refractivity contribution in [1.82, 2.24) is 15.5 Å². The third kappa shape index (κ3) is 6.73. The maximum atomic E-state index is 12.7. The Hall–Kier alpha value is -4.63. The Balaban J connectivity index is 1.12. The number of hydrogen-bond acceptors (Lipinski definition) is 5. The molecular formula is C34H38N4O5. The molecule has 0 unspecified atom stereocenters. The van der Waals surface area contributed by atoms with E-state index < -0.39 is 17.9 Å². The van der Waals surface area contributed by atoms with Gasteiger partial charge in [0.05, 0.1) is 17.1 Å². The zero-order valence-corrected chi connectivity index (χ0v) is 24.5. The van der Waals surface area contributed by atoms with Gasteiger partial charge in [0, 0.05) is 23.6 Å². The molecule has 2 aliphatic rings. The Labute approximate surface area is 251 Å². The van der Waals surface area contributed by atoms with Crippen LogP contribution in [0, 0.1) is 0 Å². The standard InChI is InChI=1S/C34H38N4O5/c1-21-29(32(39)40)31(30(33(41)42)22(2)36-21)25-10-5-11-26(20-25)37-34(43)35-16-7-17-38-18-14-24(15-19-38)28-13-6-9-23-8-3-4-12-27(23)28/h3-6,8-13,20,24,31,36H,7,14-19H2,1-2H3,(H,39,40)(H,41,42)(H2,35,37,43). The van der Waals surface area contributed by atoms with E-state index in [1.165, 1.54) is 16.3 Å². The summed E-state index contributed by atoms with van der Waals surface area (Å²) in [5.41, 5.74) is 3.06. The van der Waals surface area contributed by atoms with Gasteiger partial charge in [-0.05, 0) is 92.7 Å². The molecule has 3 aromatic rings. The molecular weight excluding hydrogens is 544 g/mol. The molecule has 3 aromatic carbocycles. The van der Waals surface area contributed by atoms with Crippen molar-refractivity contribution < 1.29 is 24.6 Å². The average molecular weight is 583 g/mol. The van der Waals surface area contributed by atoms with Gasteiger partial charge in [-0.15, -0.1) is 0 Å². The summed E-state index contributed by atoms with van der Waals surface area (Å²) in [6.07, 6.45) is 3.05. The van der Waals surface area contributed by atoms with Gasteiger partial charge in [0.1, 0.15) is 0 Å². The third-order valence-electron chi connectivity index (χ3n) is 8.49. The molecule has 0 radical (unpaired) electrons. The van der Waals surface area contributed by atoms with E-state index >= 15 is 0 Å². The van der Waals surface area contributed by atoms with Crippen molar-refractivity contribution in [2.24, 2.45) is 0 Å². The first-order valence-corrected chi connectivity index (χ1v) is 14.7. The molecule has 0 bridgehead atoms. The molecule has 9 heteroatoms. The average Bonchev–Trinajstić information content (AvgIpc) is 2.98. The summed E-state index contributed by atoms with van der Waals surface area (Å²) >= 11 is 0. The lowest BCUT2D eigenvalue weighted by atomic mass is 9.80. The van der Waals surface area contributed by atoms with Gasteiger partial charge < -0.3 is 31.1 Å². The fourth-order valence-electron chi connectivity index (χ4n) is 6.44. The predicted molar refractivity (Wildman–Crippen MR) is 167 cm³/mol. The lowest BCUT2D eigenvalue weighted by Gasteiger charge is -2.32. The number of hydrogen-bond donors (Lipinski definition) is 5. The Kier molecular flexibility index (Phi) is 9.11. The smallest absolute Gasteiger partial charge is 0.334 e. The van der Waals surface area contributed by atoms with Gasteiger partial charge >= 0.3 is 18.0 Å². The number of carboxylic acid groups (broad SMARTS) is 2. The molecule has 2 heterocycles. The van der Waals surface area contributed by atoms with Gasteiger partial charge in [0.2, 0.25) is 0 Å². The summed E-state index contributed by atoms with van der Waals surface area (Å²) in [4.78, 5) is 39.3. The number of allylic oxidation sites excluding steroid dienone is 2. The number of carboxylic acids is 2. The summed E-state index contributed by atoms with van der Waals surface area (Å²) in [6, 6.07) is 21.5. The quantitative estimate of drug-likeness (QED) is 0.207. The molecule has 0 aromatic heterocycles. The highest BCUT2D eigenvalue weighted by molar-refractivity contribution is 5.98. The Morgan fingerprint density at radius 3 is 2.23 bits per heavy atom. The van der Waals surface area contributed by atoms with E-state index in [2.05, 4.69) is 63.3 Å². The first kappa shape index (κ1) is 29.8. The van der Waals surface area contributed by atoms with E-state index in [0.717, 1.165) is 38.9 Å². The van der Waals surface area contributed by atoms with E-state index in [1.54, 1.807) is 38.1 Å². The topological polar surface area (TPSA) is 131 Å². The van der Waals surface area contributed by atoms with Gasteiger partial charge in [-0.2, -0.15) is 0 Å². The number of benzene rings is 3. The minimum absolute atomic E-state index is 0.0363. The number of likely N-dealkylation sites (tertiary alicyclic amines) is 1. The van der Waals surface area contributed by atoms with Gasteiger partial charge in [-0.1, -0.05) is 54.6 Å². The number of anilines is 1. The van der Waals surface area contributed by atoms with Gasteiger partial charge in [-0.3, -0.25) is 0 Å². The number of urea groups is 1. The lowest BCUT2D eigenvalue weighted by Crippen LogP contribution is -2.36. The summed E-state index contributed by atoms with van der Waals surface area (Å²) in [5.74, 6) is -2.82. The van der Waals surface area contributed by atoms with Crippen LogP contribution in [0.2, 0.25) is 0 Å².